The van der Waals surface area contributed by atoms with Crippen LogP contribution >= 0.6 is 11.6 Å². The lowest BCUT2D eigenvalue weighted by Crippen LogP contribution is -1.98. The van der Waals surface area contributed by atoms with Gasteiger partial charge in [-0.15, -0.1) is 0 Å². The van der Waals surface area contributed by atoms with Crippen molar-refractivity contribution < 1.29 is 4.39 Å². The minimum atomic E-state index is -0.282. The molecule has 0 aliphatic rings. The fourth-order valence-corrected chi connectivity index (χ4v) is 2.73. The molecule has 124 valence electrons. The van der Waals surface area contributed by atoms with Crippen molar-refractivity contribution in [3.05, 3.63) is 77.1 Å². The Bertz CT molecular complexity index is 1010. The van der Waals surface area contributed by atoms with Crippen LogP contribution in [0, 0.1) is 5.82 Å². The molecule has 7 heteroatoms. The molecule has 0 fully saturated rings. The van der Waals surface area contributed by atoms with E-state index in [1.165, 1.54) is 12.1 Å². The molecule has 0 aliphatic carbocycles. The second-order valence-corrected chi connectivity index (χ2v) is 6.02. The maximum atomic E-state index is 12.9. The standard InChI is InChI=1S/C18H13ClFN5/c19-13-6-16-12(9-21-17(16)22-10-13)5-11-7-23-18(24-8-11)25-15-3-1-14(20)2-4-15/h1-4,6-10H,5H2,(H,21,22)(H,23,24,25). The van der Waals surface area contributed by atoms with Crippen LogP contribution < -0.4 is 5.32 Å². The van der Waals surface area contributed by atoms with Crippen LogP contribution in [0.2, 0.25) is 5.02 Å². The second-order valence-electron chi connectivity index (χ2n) is 5.59. The van der Waals surface area contributed by atoms with Gasteiger partial charge >= 0.3 is 0 Å². The van der Waals surface area contributed by atoms with Gasteiger partial charge in [-0.2, -0.15) is 0 Å². The SMILES string of the molecule is Fc1ccc(Nc2ncc(Cc3c[nH]c4ncc(Cl)cc34)cn2)cc1. The van der Waals surface area contributed by atoms with Gasteiger partial charge in [0.25, 0.3) is 0 Å². The fraction of sp³-hybridized carbons (Fsp3) is 0.0556. The van der Waals surface area contributed by atoms with Crippen LogP contribution in [-0.4, -0.2) is 19.9 Å². The van der Waals surface area contributed by atoms with Gasteiger partial charge in [0, 0.05) is 42.3 Å². The summed E-state index contributed by atoms with van der Waals surface area (Å²) in [7, 11) is 0. The van der Waals surface area contributed by atoms with Crippen LogP contribution in [0.5, 0.6) is 0 Å². The predicted octanol–water partition coefficient (Wildman–Crippen LogP) is 4.48. The molecule has 0 radical (unpaired) electrons. The molecule has 0 saturated carbocycles. The number of halogens is 2. The number of benzene rings is 1. The zero-order chi connectivity index (χ0) is 17.2. The van der Waals surface area contributed by atoms with E-state index in [1.54, 1.807) is 30.7 Å². The summed E-state index contributed by atoms with van der Waals surface area (Å²) in [6.07, 6.45) is 7.71. The van der Waals surface area contributed by atoms with E-state index < -0.39 is 0 Å². The average molecular weight is 354 g/mol. The summed E-state index contributed by atoms with van der Waals surface area (Å²) >= 11 is 6.03. The summed E-state index contributed by atoms with van der Waals surface area (Å²) in [5.74, 6) is 0.175. The minimum Gasteiger partial charge on any atom is -0.346 e. The van der Waals surface area contributed by atoms with Gasteiger partial charge in [0.2, 0.25) is 5.95 Å². The quantitative estimate of drug-likeness (QED) is 0.567. The van der Waals surface area contributed by atoms with E-state index in [0.717, 1.165) is 27.8 Å². The van der Waals surface area contributed by atoms with Crippen molar-refractivity contribution in [2.75, 3.05) is 5.32 Å². The van der Waals surface area contributed by atoms with Gasteiger partial charge in [0.1, 0.15) is 11.5 Å². The topological polar surface area (TPSA) is 66.5 Å². The molecule has 3 heterocycles. The summed E-state index contributed by atoms with van der Waals surface area (Å²) in [6.45, 7) is 0. The average Bonchev–Trinajstić information content (AvgIpc) is 3.01. The molecule has 0 spiro atoms. The van der Waals surface area contributed by atoms with Crippen LogP contribution in [-0.2, 0) is 6.42 Å². The lowest BCUT2D eigenvalue weighted by molar-refractivity contribution is 0.628. The minimum absolute atomic E-state index is 0.282. The number of aromatic amines is 1. The van der Waals surface area contributed by atoms with Crippen LogP contribution in [0.4, 0.5) is 16.0 Å². The number of fused-ring (bicyclic) bond motifs is 1. The van der Waals surface area contributed by atoms with E-state index in [0.29, 0.717) is 17.4 Å². The Morgan fingerprint density at radius 3 is 2.56 bits per heavy atom. The zero-order valence-electron chi connectivity index (χ0n) is 13.0. The van der Waals surface area contributed by atoms with Crippen molar-refractivity contribution in [2.45, 2.75) is 6.42 Å². The number of hydrogen-bond donors (Lipinski definition) is 2. The van der Waals surface area contributed by atoms with E-state index in [-0.39, 0.29) is 5.82 Å². The molecule has 5 nitrogen and oxygen atoms in total. The highest BCUT2D eigenvalue weighted by Crippen LogP contribution is 2.22. The lowest BCUT2D eigenvalue weighted by atomic mass is 10.1. The molecule has 0 amide bonds. The van der Waals surface area contributed by atoms with Crippen LogP contribution in [0.25, 0.3) is 11.0 Å². The van der Waals surface area contributed by atoms with E-state index in [4.69, 9.17) is 11.6 Å². The first kappa shape index (κ1) is 15.5. The summed E-state index contributed by atoms with van der Waals surface area (Å²) in [5.41, 5.74) is 3.57. The van der Waals surface area contributed by atoms with Gasteiger partial charge in [0.15, 0.2) is 0 Å². The van der Waals surface area contributed by atoms with Gasteiger partial charge in [-0.05, 0) is 41.5 Å². The second kappa shape index (κ2) is 6.49. The Labute approximate surface area is 147 Å². The summed E-state index contributed by atoms with van der Waals surface area (Å²) in [5, 5.41) is 4.62. The van der Waals surface area contributed by atoms with Crippen molar-refractivity contribution in [2.24, 2.45) is 0 Å². The highest BCUT2D eigenvalue weighted by Gasteiger charge is 2.07. The van der Waals surface area contributed by atoms with Gasteiger partial charge in [-0.1, -0.05) is 11.6 Å². The number of nitrogens with zero attached hydrogens (tertiary/aromatic N) is 3. The maximum absolute atomic E-state index is 12.9. The number of nitrogens with one attached hydrogen (secondary N) is 2. The van der Waals surface area contributed by atoms with Gasteiger partial charge < -0.3 is 10.3 Å². The monoisotopic (exact) mass is 353 g/mol. The van der Waals surface area contributed by atoms with E-state index >= 15 is 0 Å². The number of aromatic nitrogens is 4. The van der Waals surface area contributed by atoms with Crippen molar-refractivity contribution in [3.63, 3.8) is 0 Å². The zero-order valence-corrected chi connectivity index (χ0v) is 13.8. The lowest BCUT2D eigenvalue weighted by Gasteiger charge is -2.05. The number of hydrogen-bond acceptors (Lipinski definition) is 4. The highest BCUT2D eigenvalue weighted by atomic mass is 35.5. The summed E-state index contributed by atoms with van der Waals surface area (Å²) in [4.78, 5) is 16.0. The molecule has 4 rings (SSSR count). The summed E-state index contributed by atoms with van der Waals surface area (Å²) in [6, 6.07) is 7.92. The Balaban J connectivity index is 1.51. The molecule has 0 atom stereocenters. The van der Waals surface area contributed by atoms with E-state index in [9.17, 15) is 4.39 Å². The van der Waals surface area contributed by atoms with Gasteiger partial charge in [-0.25, -0.2) is 19.3 Å². The van der Waals surface area contributed by atoms with Crippen LogP contribution in [0.1, 0.15) is 11.1 Å². The third-order valence-corrected chi connectivity index (χ3v) is 3.99. The molecule has 0 unspecified atom stereocenters. The highest BCUT2D eigenvalue weighted by molar-refractivity contribution is 6.31. The first-order chi connectivity index (χ1) is 12.2. The Hall–Kier alpha value is -2.99. The Morgan fingerprint density at radius 2 is 1.80 bits per heavy atom. The predicted molar refractivity (Wildman–Crippen MR) is 95.6 cm³/mol. The largest absolute Gasteiger partial charge is 0.346 e. The number of rotatable bonds is 4. The number of anilines is 2. The molecule has 4 aromatic rings. The normalized spacial score (nSPS) is 11.0. The third kappa shape index (κ3) is 3.44. The van der Waals surface area contributed by atoms with Crippen molar-refractivity contribution in [1.29, 1.82) is 0 Å². The molecule has 2 N–H and O–H groups in total. The van der Waals surface area contributed by atoms with Crippen molar-refractivity contribution in [3.8, 4) is 0 Å². The molecular weight excluding hydrogens is 341 g/mol. The molecule has 25 heavy (non-hydrogen) atoms. The van der Waals surface area contributed by atoms with Crippen molar-refractivity contribution in [1.82, 2.24) is 19.9 Å². The molecule has 3 aromatic heterocycles. The van der Waals surface area contributed by atoms with E-state index in [1.807, 2.05) is 12.3 Å². The maximum Gasteiger partial charge on any atom is 0.227 e. The number of pyridine rings is 1. The van der Waals surface area contributed by atoms with Gasteiger partial charge in [-0.3, -0.25) is 0 Å². The van der Waals surface area contributed by atoms with Gasteiger partial charge in [0.05, 0.1) is 5.02 Å². The Morgan fingerprint density at radius 1 is 1.04 bits per heavy atom. The first-order valence-corrected chi connectivity index (χ1v) is 8.00. The third-order valence-electron chi connectivity index (χ3n) is 3.78. The molecule has 0 aliphatic heterocycles. The first-order valence-electron chi connectivity index (χ1n) is 7.62. The molecule has 0 bridgehead atoms. The fourth-order valence-electron chi connectivity index (χ4n) is 2.57. The van der Waals surface area contributed by atoms with Crippen LogP contribution in [0.3, 0.4) is 0 Å². The van der Waals surface area contributed by atoms with Crippen molar-refractivity contribution >= 4 is 34.3 Å². The number of H-pyrrole nitrogens is 1. The van der Waals surface area contributed by atoms with E-state index in [2.05, 4.69) is 25.3 Å². The van der Waals surface area contributed by atoms with Crippen LogP contribution in [0.15, 0.2) is 55.1 Å². The molecule has 0 saturated heterocycles. The molecular formula is C18H13ClFN5. The smallest absolute Gasteiger partial charge is 0.227 e. The Kier molecular flexibility index (Phi) is 4.03. The summed E-state index contributed by atoms with van der Waals surface area (Å²) < 4.78 is 12.9. The molecule has 1 aromatic carbocycles.